The zero-order chi connectivity index (χ0) is 13.8. The first-order valence-corrected chi connectivity index (χ1v) is 7.20. The Balaban J connectivity index is 1.75. The lowest BCUT2D eigenvalue weighted by Gasteiger charge is -2.32. The zero-order valence-corrected chi connectivity index (χ0v) is 11.7. The summed E-state index contributed by atoms with van der Waals surface area (Å²) < 4.78 is 0. The van der Waals surface area contributed by atoms with Crippen LogP contribution < -0.4 is 0 Å². The van der Waals surface area contributed by atoms with Gasteiger partial charge in [0, 0.05) is 19.5 Å². The average Bonchev–Trinajstić information content (AvgIpc) is 3.23. The Labute approximate surface area is 115 Å². The molecule has 1 heterocycles. The summed E-state index contributed by atoms with van der Waals surface area (Å²) in [6, 6.07) is 0. The molecule has 2 rings (SSSR count). The van der Waals surface area contributed by atoms with E-state index in [0.29, 0.717) is 19.0 Å². The third-order valence-electron chi connectivity index (χ3n) is 4.26. The fourth-order valence-electron chi connectivity index (χ4n) is 2.78. The average molecular weight is 264 g/mol. The minimum Gasteiger partial charge on any atom is -0.391 e. The maximum atomic E-state index is 12.3. The number of aliphatic hydroxyl groups excluding tert-OH is 1. The van der Waals surface area contributed by atoms with E-state index in [9.17, 15) is 9.90 Å². The van der Waals surface area contributed by atoms with Crippen LogP contribution in [0.15, 0.2) is 0 Å². The summed E-state index contributed by atoms with van der Waals surface area (Å²) in [5, 5.41) is 9.89. The number of terminal acetylenes is 1. The van der Waals surface area contributed by atoms with Gasteiger partial charge in [-0.05, 0) is 44.7 Å². The zero-order valence-electron chi connectivity index (χ0n) is 11.7. The van der Waals surface area contributed by atoms with Gasteiger partial charge in [-0.25, -0.2) is 0 Å². The van der Waals surface area contributed by atoms with Crippen LogP contribution in [0.25, 0.3) is 0 Å². The van der Waals surface area contributed by atoms with Crippen LogP contribution in [0.1, 0.15) is 25.7 Å². The number of hydrogen-bond donors (Lipinski definition) is 1. The van der Waals surface area contributed by atoms with Crippen molar-refractivity contribution < 1.29 is 9.90 Å². The highest BCUT2D eigenvalue weighted by molar-refractivity contribution is 5.78. The maximum absolute atomic E-state index is 12.3. The summed E-state index contributed by atoms with van der Waals surface area (Å²) in [6.45, 7) is 2.96. The monoisotopic (exact) mass is 264 g/mol. The first-order chi connectivity index (χ1) is 9.11. The molecular formula is C15H24N2O2. The molecule has 0 aromatic heterocycles. The van der Waals surface area contributed by atoms with Crippen LogP contribution in [0.4, 0.5) is 0 Å². The Hall–Kier alpha value is -1.05. The molecule has 1 aliphatic carbocycles. The van der Waals surface area contributed by atoms with Gasteiger partial charge in [-0.15, -0.1) is 6.42 Å². The number of hydrogen-bond acceptors (Lipinski definition) is 3. The number of carbonyl (C=O) groups is 1. The lowest BCUT2D eigenvalue weighted by Crippen LogP contribution is -2.43. The summed E-state index contributed by atoms with van der Waals surface area (Å²) in [6.07, 6.45) is 8.93. The molecular weight excluding hydrogens is 240 g/mol. The van der Waals surface area contributed by atoms with Crippen molar-refractivity contribution in [3.63, 3.8) is 0 Å². The second kappa shape index (κ2) is 6.40. The number of aliphatic hydroxyl groups is 1. The molecule has 106 valence electrons. The van der Waals surface area contributed by atoms with Crippen molar-refractivity contribution in [3.05, 3.63) is 0 Å². The minimum atomic E-state index is -0.338. The highest BCUT2D eigenvalue weighted by atomic mass is 16.3. The number of amides is 1. The molecule has 0 aromatic carbocycles. The third-order valence-corrected chi connectivity index (χ3v) is 4.26. The van der Waals surface area contributed by atoms with Crippen LogP contribution in [0.5, 0.6) is 0 Å². The molecule has 0 radical (unpaired) electrons. The second-order valence-electron chi connectivity index (χ2n) is 5.88. The molecule has 1 unspecified atom stereocenters. The van der Waals surface area contributed by atoms with Crippen molar-refractivity contribution in [2.24, 2.45) is 11.8 Å². The molecule has 19 heavy (non-hydrogen) atoms. The van der Waals surface area contributed by atoms with Gasteiger partial charge in [0.15, 0.2) is 0 Å². The Kier molecular flexibility index (Phi) is 4.84. The summed E-state index contributed by atoms with van der Waals surface area (Å²) >= 11 is 0. The lowest BCUT2D eigenvalue weighted by molar-refractivity contribution is -0.137. The highest BCUT2D eigenvalue weighted by Crippen LogP contribution is 2.33. The molecule has 4 nitrogen and oxygen atoms in total. The Morgan fingerprint density at radius 2 is 2.05 bits per heavy atom. The van der Waals surface area contributed by atoms with E-state index in [-0.39, 0.29) is 17.9 Å². The maximum Gasteiger partial charge on any atom is 0.225 e. The van der Waals surface area contributed by atoms with Crippen LogP contribution in [0.3, 0.4) is 0 Å². The first-order valence-electron chi connectivity index (χ1n) is 7.20. The molecule has 0 bridgehead atoms. The highest BCUT2D eigenvalue weighted by Gasteiger charge is 2.33. The van der Waals surface area contributed by atoms with E-state index in [1.807, 2.05) is 7.05 Å². The van der Waals surface area contributed by atoms with E-state index in [0.717, 1.165) is 38.8 Å². The Bertz CT molecular complexity index is 352. The van der Waals surface area contributed by atoms with E-state index in [1.54, 1.807) is 4.90 Å². The number of piperidine rings is 1. The fourth-order valence-corrected chi connectivity index (χ4v) is 2.78. The van der Waals surface area contributed by atoms with Gasteiger partial charge in [-0.3, -0.25) is 9.69 Å². The Morgan fingerprint density at radius 1 is 1.42 bits per heavy atom. The standard InChI is InChI=1S/C15H24N2O2/c1-3-8-17-9-6-13(7-10-17)15(19)16(2)11-14(18)12-4-5-12/h1,12-14,18H,4-11H2,2H3. The van der Waals surface area contributed by atoms with Crippen LogP contribution in [0, 0.1) is 24.2 Å². The molecule has 1 N–H and O–H groups in total. The molecule has 0 spiro atoms. The number of likely N-dealkylation sites (tertiary alicyclic amines) is 1. The van der Waals surface area contributed by atoms with E-state index < -0.39 is 0 Å². The van der Waals surface area contributed by atoms with Gasteiger partial charge in [0.25, 0.3) is 0 Å². The third kappa shape index (κ3) is 3.95. The summed E-state index contributed by atoms with van der Waals surface area (Å²) in [7, 11) is 1.81. The van der Waals surface area contributed by atoms with Crippen LogP contribution in [0.2, 0.25) is 0 Å². The van der Waals surface area contributed by atoms with Crippen LogP contribution >= 0.6 is 0 Å². The van der Waals surface area contributed by atoms with E-state index in [4.69, 9.17) is 6.42 Å². The van der Waals surface area contributed by atoms with Gasteiger partial charge >= 0.3 is 0 Å². The van der Waals surface area contributed by atoms with E-state index in [2.05, 4.69) is 10.8 Å². The summed E-state index contributed by atoms with van der Waals surface area (Å²) in [5.41, 5.74) is 0. The Morgan fingerprint density at radius 3 is 2.58 bits per heavy atom. The molecule has 1 saturated heterocycles. The van der Waals surface area contributed by atoms with Crippen LogP contribution in [-0.4, -0.2) is 60.1 Å². The smallest absolute Gasteiger partial charge is 0.225 e. The molecule has 2 aliphatic rings. The molecule has 1 aliphatic heterocycles. The van der Waals surface area contributed by atoms with Crippen molar-refractivity contribution >= 4 is 5.91 Å². The second-order valence-corrected chi connectivity index (χ2v) is 5.88. The van der Waals surface area contributed by atoms with Gasteiger partial charge in [-0.2, -0.15) is 0 Å². The molecule has 4 heteroatoms. The minimum absolute atomic E-state index is 0.102. The predicted molar refractivity (Wildman–Crippen MR) is 74.4 cm³/mol. The molecule has 2 fully saturated rings. The SMILES string of the molecule is C#CCN1CCC(C(=O)N(C)CC(O)C2CC2)CC1. The normalized spacial score (nSPS) is 22.8. The topological polar surface area (TPSA) is 43.8 Å². The van der Waals surface area contributed by atoms with Crippen molar-refractivity contribution in [2.45, 2.75) is 31.8 Å². The van der Waals surface area contributed by atoms with Crippen molar-refractivity contribution in [1.29, 1.82) is 0 Å². The molecule has 1 amide bonds. The van der Waals surface area contributed by atoms with Crippen molar-refractivity contribution in [1.82, 2.24) is 9.80 Å². The first kappa shape index (κ1) is 14.4. The molecule has 1 saturated carbocycles. The predicted octanol–water partition coefficient (Wildman–Crippen LogP) is 0.561. The van der Waals surface area contributed by atoms with Gasteiger partial charge in [0.1, 0.15) is 0 Å². The van der Waals surface area contributed by atoms with Crippen LogP contribution in [-0.2, 0) is 4.79 Å². The van der Waals surface area contributed by atoms with Gasteiger partial charge in [-0.1, -0.05) is 5.92 Å². The van der Waals surface area contributed by atoms with E-state index in [1.165, 1.54) is 0 Å². The lowest BCUT2D eigenvalue weighted by atomic mass is 9.95. The van der Waals surface area contributed by atoms with Gasteiger partial charge in [0.2, 0.25) is 5.91 Å². The number of carbonyl (C=O) groups excluding carboxylic acids is 1. The molecule has 0 aromatic rings. The number of nitrogens with zero attached hydrogens (tertiary/aromatic N) is 2. The fraction of sp³-hybridized carbons (Fsp3) is 0.800. The largest absolute Gasteiger partial charge is 0.391 e. The van der Waals surface area contributed by atoms with Crippen molar-refractivity contribution in [3.8, 4) is 12.3 Å². The van der Waals surface area contributed by atoms with E-state index >= 15 is 0 Å². The summed E-state index contributed by atoms with van der Waals surface area (Å²) in [5.74, 6) is 3.35. The summed E-state index contributed by atoms with van der Waals surface area (Å²) in [4.78, 5) is 16.2. The number of likely N-dealkylation sites (N-methyl/N-ethyl adjacent to an activating group) is 1. The van der Waals surface area contributed by atoms with Gasteiger partial charge in [0.05, 0.1) is 12.6 Å². The van der Waals surface area contributed by atoms with Gasteiger partial charge < -0.3 is 10.0 Å². The van der Waals surface area contributed by atoms with Crippen molar-refractivity contribution in [2.75, 3.05) is 33.2 Å². The number of rotatable bonds is 5. The molecule has 1 atom stereocenters. The quantitative estimate of drug-likeness (QED) is 0.738.